The highest BCUT2D eigenvalue weighted by Crippen LogP contribution is 2.28. The van der Waals surface area contributed by atoms with Gasteiger partial charge in [0, 0.05) is 5.41 Å². The van der Waals surface area contributed by atoms with Crippen molar-refractivity contribution in [3.05, 3.63) is 35.9 Å². The summed E-state index contributed by atoms with van der Waals surface area (Å²) in [5.41, 5.74) is 0.0177. The molecule has 1 aromatic rings. The number of aliphatic hydroxyl groups excluding tert-OH is 1. The molecule has 0 bridgehead atoms. The Morgan fingerprint density at radius 3 is 2.17 bits per heavy atom. The van der Waals surface area contributed by atoms with E-state index in [1.165, 1.54) is 0 Å². The molecule has 1 aromatic carbocycles. The Labute approximate surface area is 104 Å². The number of halogens is 3. The third-order valence-corrected chi connectivity index (χ3v) is 3.01. The fraction of sp³-hybridized carbons (Fsp3) is 0.538. The van der Waals surface area contributed by atoms with Gasteiger partial charge in [0.25, 0.3) is 0 Å². The summed E-state index contributed by atoms with van der Waals surface area (Å²) in [5.74, 6) is 0. The Morgan fingerprint density at radius 2 is 1.72 bits per heavy atom. The molecule has 0 amide bonds. The topological polar surface area (TPSA) is 29.5 Å². The molecule has 0 spiro atoms. The van der Waals surface area contributed by atoms with Crippen LogP contribution in [-0.4, -0.2) is 31.1 Å². The molecule has 2 nitrogen and oxygen atoms in total. The van der Waals surface area contributed by atoms with E-state index in [1.807, 2.05) is 13.0 Å². The van der Waals surface area contributed by atoms with Crippen LogP contribution >= 0.6 is 0 Å². The summed E-state index contributed by atoms with van der Waals surface area (Å²) in [6.45, 7) is 0.136. The lowest BCUT2D eigenvalue weighted by molar-refractivity contribution is -0.179. The predicted molar refractivity (Wildman–Crippen MR) is 62.4 cm³/mol. The molecule has 1 rings (SSSR count). The van der Waals surface area contributed by atoms with Gasteiger partial charge in [-0.2, -0.15) is 13.2 Å². The van der Waals surface area contributed by atoms with Crippen molar-refractivity contribution in [2.24, 2.45) is 0 Å². The van der Waals surface area contributed by atoms with Crippen molar-refractivity contribution in [1.82, 2.24) is 0 Å². The number of rotatable bonds is 6. The highest BCUT2D eigenvalue weighted by Gasteiger charge is 2.33. The van der Waals surface area contributed by atoms with Crippen molar-refractivity contribution in [2.75, 3.05) is 19.8 Å². The van der Waals surface area contributed by atoms with Crippen LogP contribution < -0.4 is 0 Å². The van der Waals surface area contributed by atoms with Crippen LogP contribution in [0.15, 0.2) is 30.3 Å². The third kappa shape index (κ3) is 3.99. The largest absolute Gasteiger partial charge is 0.411 e. The van der Waals surface area contributed by atoms with E-state index < -0.39 is 18.2 Å². The minimum absolute atomic E-state index is 0.149. The van der Waals surface area contributed by atoms with Crippen molar-refractivity contribution < 1.29 is 23.0 Å². The van der Waals surface area contributed by atoms with Gasteiger partial charge in [0.1, 0.15) is 6.61 Å². The molecule has 0 radical (unpaired) electrons. The van der Waals surface area contributed by atoms with Crippen LogP contribution in [0.4, 0.5) is 13.2 Å². The highest BCUT2D eigenvalue weighted by molar-refractivity contribution is 5.25. The Morgan fingerprint density at radius 1 is 1.11 bits per heavy atom. The maximum atomic E-state index is 12.1. The molecule has 1 unspecified atom stereocenters. The molecule has 0 aliphatic heterocycles. The number of aliphatic hydroxyl groups is 1. The second kappa shape index (κ2) is 6.20. The first-order chi connectivity index (χ1) is 8.43. The van der Waals surface area contributed by atoms with Gasteiger partial charge < -0.3 is 9.84 Å². The van der Waals surface area contributed by atoms with Crippen LogP contribution in [0.5, 0.6) is 0 Å². The molecule has 5 heteroatoms. The predicted octanol–water partition coefficient (Wildman–Crippen LogP) is 2.91. The maximum Gasteiger partial charge on any atom is 0.411 e. The third-order valence-electron chi connectivity index (χ3n) is 3.01. The van der Waals surface area contributed by atoms with Gasteiger partial charge in [0.05, 0.1) is 13.2 Å². The van der Waals surface area contributed by atoms with E-state index in [4.69, 9.17) is 4.74 Å². The van der Waals surface area contributed by atoms with E-state index >= 15 is 0 Å². The van der Waals surface area contributed by atoms with Crippen molar-refractivity contribution >= 4 is 0 Å². The summed E-state index contributed by atoms with van der Waals surface area (Å²) < 4.78 is 40.9. The Hall–Kier alpha value is -1.07. The fourth-order valence-corrected chi connectivity index (χ4v) is 1.79. The van der Waals surface area contributed by atoms with Gasteiger partial charge in [0.2, 0.25) is 0 Å². The zero-order chi connectivity index (χ0) is 13.6. The Balaban J connectivity index is 2.76. The van der Waals surface area contributed by atoms with E-state index in [9.17, 15) is 18.3 Å². The summed E-state index contributed by atoms with van der Waals surface area (Å²) in [7, 11) is 0. The lowest BCUT2D eigenvalue weighted by Gasteiger charge is -2.31. The van der Waals surface area contributed by atoms with Crippen LogP contribution in [0.25, 0.3) is 0 Å². The SMILES string of the molecule is CCC(CO)(COCC(F)(F)F)c1ccccc1. The minimum atomic E-state index is -4.34. The molecule has 0 saturated heterocycles. The summed E-state index contributed by atoms with van der Waals surface area (Å²) in [6.07, 6.45) is -3.84. The van der Waals surface area contributed by atoms with E-state index in [-0.39, 0.29) is 13.2 Å². The fourth-order valence-electron chi connectivity index (χ4n) is 1.79. The van der Waals surface area contributed by atoms with Gasteiger partial charge in [0.15, 0.2) is 0 Å². The molecule has 0 heterocycles. The quantitative estimate of drug-likeness (QED) is 0.854. The van der Waals surface area contributed by atoms with Crippen molar-refractivity contribution in [3.8, 4) is 0 Å². The first-order valence-electron chi connectivity index (χ1n) is 5.74. The molecule has 1 N–H and O–H groups in total. The second-order valence-electron chi connectivity index (χ2n) is 4.27. The molecular weight excluding hydrogens is 245 g/mol. The first kappa shape index (κ1) is 15.0. The van der Waals surface area contributed by atoms with Crippen molar-refractivity contribution in [1.29, 1.82) is 0 Å². The van der Waals surface area contributed by atoms with Gasteiger partial charge in [-0.05, 0) is 12.0 Å². The molecule has 0 aliphatic rings. The van der Waals surface area contributed by atoms with Gasteiger partial charge >= 0.3 is 6.18 Å². The summed E-state index contributed by atoms with van der Waals surface area (Å²) in [5, 5.41) is 9.50. The summed E-state index contributed by atoms with van der Waals surface area (Å²) in [6, 6.07) is 8.98. The van der Waals surface area contributed by atoms with E-state index in [1.54, 1.807) is 24.3 Å². The number of alkyl halides is 3. The van der Waals surface area contributed by atoms with Gasteiger partial charge in [-0.3, -0.25) is 0 Å². The van der Waals surface area contributed by atoms with Crippen molar-refractivity contribution in [2.45, 2.75) is 24.9 Å². The average molecular weight is 262 g/mol. The first-order valence-corrected chi connectivity index (χ1v) is 5.74. The molecule has 0 aromatic heterocycles. The Kier molecular flexibility index (Phi) is 5.16. The van der Waals surface area contributed by atoms with Crippen LogP contribution in [-0.2, 0) is 10.2 Å². The number of hydrogen-bond donors (Lipinski definition) is 1. The monoisotopic (exact) mass is 262 g/mol. The number of hydrogen-bond acceptors (Lipinski definition) is 2. The number of ether oxygens (including phenoxy) is 1. The van der Waals surface area contributed by atoms with Gasteiger partial charge in [-0.1, -0.05) is 37.3 Å². The highest BCUT2D eigenvalue weighted by atomic mass is 19.4. The lowest BCUT2D eigenvalue weighted by Crippen LogP contribution is -2.36. The zero-order valence-corrected chi connectivity index (χ0v) is 10.2. The lowest BCUT2D eigenvalue weighted by atomic mass is 9.79. The molecule has 18 heavy (non-hydrogen) atoms. The van der Waals surface area contributed by atoms with E-state index in [0.29, 0.717) is 6.42 Å². The zero-order valence-electron chi connectivity index (χ0n) is 10.2. The minimum Gasteiger partial charge on any atom is -0.395 e. The van der Waals surface area contributed by atoms with Crippen LogP contribution in [0.1, 0.15) is 18.9 Å². The summed E-state index contributed by atoms with van der Waals surface area (Å²) >= 11 is 0. The summed E-state index contributed by atoms with van der Waals surface area (Å²) in [4.78, 5) is 0. The van der Waals surface area contributed by atoms with E-state index in [0.717, 1.165) is 5.56 Å². The maximum absolute atomic E-state index is 12.1. The van der Waals surface area contributed by atoms with E-state index in [2.05, 4.69) is 0 Å². The standard InChI is InChI=1S/C13H17F3O2/c1-2-12(8-17,9-18-10-13(14,15)16)11-6-4-3-5-7-11/h3-7,17H,2,8-10H2,1H3. The van der Waals surface area contributed by atoms with Crippen LogP contribution in [0.2, 0.25) is 0 Å². The molecular formula is C13H17F3O2. The molecule has 102 valence electrons. The average Bonchev–Trinajstić information content (AvgIpc) is 2.35. The normalized spacial score (nSPS) is 15.4. The Bertz CT molecular complexity index is 345. The smallest absolute Gasteiger partial charge is 0.395 e. The van der Waals surface area contributed by atoms with Gasteiger partial charge in [-0.15, -0.1) is 0 Å². The molecule has 1 atom stereocenters. The van der Waals surface area contributed by atoms with Crippen LogP contribution in [0.3, 0.4) is 0 Å². The van der Waals surface area contributed by atoms with Crippen molar-refractivity contribution in [3.63, 3.8) is 0 Å². The van der Waals surface area contributed by atoms with Crippen LogP contribution in [0, 0.1) is 0 Å². The van der Waals surface area contributed by atoms with Gasteiger partial charge in [-0.25, -0.2) is 0 Å². The number of benzene rings is 1. The molecule has 0 aliphatic carbocycles. The second-order valence-corrected chi connectivity index (χ2v) is 4.27. The molecule has 0 fully saturated rings. The molecule has 0 saturated carbocycles.